The molecule has 1 saturated heterocycles. The van der Waals surface area contributed by atoms with Gasteiger partial charge in [0.05, 0.1) is 12.9 Å². The Morgan fingerprint density at radius 2 is 2.00 bits per heavy atom. The zero-order chi connectivity index (χ0) is 17.2. The molecular weight excluding hydrogens is 312 g/mol. The number of rotatable bonds is 5. The third-order valence-electron chi connectivity index (χ3n) is 4.97. The first-order chi connectivity index (χ1) is 12.2. The number of hydrogen-bond donors (Lipinski definition) is 0. The minimum absolute atomic E-state index is 0.535. The van der Waals surface area contributed by atoms with Crippen molar-refractivity contribution < 1.29 is 0 Å². The first-order valence-electron chi connectivity index (χ1n) is 8.88. The van der Waals surface area contributed by atoms with E-state index in [0.29, 0.717) is 6.04 Å². The summed E-state index contributed by atoms with van der Waals surface area (Å²) in [7, 11) is 0. The Bertz CT molecular complexity index is 818. The van der Waals surface area contributed by atoms with Gasteiger partial charge in [-0.3, -0.25) is 4.90 Å². The van der Waals surface area contributed by atoms with Crippen LogP contribution in [-0.2, 0) is 13.1 Å². The fourth-order valence-electron chi connectivity index (χ4n) is 3.66. The van der Waals surface area contributed by atoms with E-state index in [1.54, 1.807) is 6.20 Å². The first-order valence-corrected chi connectivity index (χ1v) is 8.88. The highest BCUT2D eigenvalue weighted by Crippen LogP contribution is 2.22. The molecule has 0 N–H and O–H groups in total. The van der Waals surface area contributed by atoms with Gasteiger partial charge in [0.1, 0.15) is 11.6 Å². The number of aryl methyl sites for hydroxylation is 2. The maximum absolute atomic E-state index is 4.53. The van der Waals surface area contributed by atoms with E-state index in [-0.39, 0.29) is 0 Å². The highest BCUT2D eigenvalue weighted by atomic mass is 15.4. The summed E-state index contributed by atoms with van der Waals surface area (Å²) in [5, 5.41) is 4.53. The van der Waals surface area contributed by atoms with Crippen molar-refractivity contribution in [1.29, 1.82) is 0 Å². The van der Waals surface area contributed by atoms with E-state index in [2.05, 4.69) is 48.9 Å². The molecule has 0 unspecified atom stereocenters. The fraction of sp³-hybridized carbons (Fsp3) is 0.421. The summed E-state index contributed by atoms with van der Waals surface area (Å²) in [4.78, 5) is 11.1. The van der Waals surface area contributed by atoms with Gasteiger partial charge in [-0.2, -0.15) is 5.10 Å². The standard InChI is InChI=1S/C19H24N6/c1-15-21-16(2)25(22-15)13-19-4-3-10-23(19)12-17-5-7-18(8-6-17)24-11-9-20-14-24/h5-9,11,14,19H,3-4,10,12-13H2,1-2H3/t19-/m0/s1. The number of aromatic nitrogens is 5. The minimum Gasteiger partial charge on any atom is -0.306 e. The molecule has 130 valence electrons. The number of hydrogen-bond acceptors (Lipinski definition) is 4. The maximum atomic E-state index is 4.53. The Labute approximate surface area is 148 Å². The summed E-state index contributed by atoms with van der Waals surface area (Å²) in [6.07, 6.45) is 8.08. The van der Waals surface area contributed by atoms with Gasteiger partial charge in [-0.05, 0) is 50.9 Å². The second-order valence-corrected chi connectivity index (χ2v) is 6.79. The molecule has 6 heteroatoms. The van der Waals surface area contributed by atoms with Gasteiger partial charge < -0.3 is 4.57 Å². The molecule has 25 heavy (non-hydrogen) atoms. The van der Waals surface area contributed by atoms with Crippen molar-refractivity contribution in [2.45, 2.75) is 45.8 Å². The lowest BCUT2D eigenvalue weighted by Gasteiger charge is -2.24. The van der Waals surface area contributed by atoms with E-state index in [0.717, 1.165) is 37.0 Å². The van der Waals surface area contributed by atoms with E-state index >= 15 is 0 Å². The molecular formula is C19H24N6. The molecule has 0 amide bonds. The van der Waals surface area contributed by atoms with Crippen LogP contribution in [0.5, 0.6) is 0 Å². The maximum Gasteiger partial charge on any atom is 0.147 e. The fourth-order valence-corrected chi connectivity index (χ4v) is 3.66. The van der Waals surface area contributed by atoms with Crippen LogP contribution in [0.15, 0.2) is 43.0 Å². The van der Waals surface area contributed by atoms with Gasteiger partial charge in [-0.15, -0.1) is 0 Å². The molecule has 1 aliphatic heterocycles. The van der Waals surface area contributed by atoms with Crippen LogP contribution in [0.25, 0.3) is 5.69 Å². The average molecular weight is 336 g/mol. The van der Waals surface area contributed by atoms with Crippen molar-refractivity contribution in [2.75, 3.05) is 6.54 Å². The molecule has 1 aromatic carbocycles. The van der Waals surface area contributed by atoms with Crippen molar-refractivity contribution in [3.63, 3.8) is 0 Å². The predicted octanol–water partition coefficient (Wildman–Crippen LogP) is 2.75. The van der Waals surface area contributed by atoms with Gasteiger partial charge in [-0.1, -0.05) is 12.1 Å². The van der Waals surface area contributed by atoms with E-state index in [4.69, 9.17) is 0 Å². The van der Waals surface area contributed by atoms with E-state index in [9.17, 15) is 0 Å². The molecule has 1 aliphatic rings. The lowest BCUT2D eigenvalue weighted by atomic mass is 10.1. The molecule has 0 radical (unpaired) electrons. The van der Waals surface area contributed by atoms with Crippen molar-refractivity contribution >= 4 is 0 Å². The van der Waals surface area contributed by atoms with Crippen molar-refractivity contribution in [3.8, 4) is 5.69 Å². The van der Waals surface area contributed by atoms with Gasteiger partial charge in [0.2, 0.25) is 0 Å². The Hall–Kier alpha value is -2.47. The molecule has 1 fully saturated rings. The van der Waals surface area contributed by atoms with Gasteiger partial charge in [0, 0.05) is 30.7 Å². The molecule has 3 aromatic rings. The SMILES string of the molecule is Cc1nc(C)n(C[C@@H]2CCCN2Cc2ccc(-n3ccnc3)cc2)n1. The molecule has 6 nitrogen and oxygen atoms in total. The largest absolute Gasteiger partial charge is 0.306 e. The molecule has 0 saturated carbocycles. The van der Waals surface area contributed by atoms with Gasteiger partial charge >= 0.3 is 0 Å². The van der Waals surface area contributed by atoms with Crippen LogP contribution >= 0.6 is 0 Å². The van der Waals surface area contributed by atoms with Gasteiger partial charge in [0.25, 0.3) is 0 Å². The van der Waals surface area contributed by atoms with Crippen LogP contribution in [0.3, 0.4) is 0 Å². The zero-order valence-corrected chi connectivity index (χ0v) is 14.8. The normalized spacial score (nSPS) is 18.1. The summed E-state index contributed by atoms with van der Waals surface area (Å²) < 4.78 is 4.08. The summed E-state index contributed by atoms with van der Waals surface area (Å²) in [5.41, 5.74) is 2.50. The van der Waals surface area contributed by atoms with Crippen LogP contribution in [0.2, 0.25) is 0 Å². The summed E-state index contributed by atoms with van der Waals surface area (Å²) in [6, 6.07) is 9.29. The lowest BCUT2D eigenvalue weighted by molar-refractivity contribution is 0.218. The summed E-state index contributed by atoms with van der Waals surface area (Å²) in [5.74, 6) is 1.87. The Morgan fingerprint density at radius 3 is 2.68 bits per heavy atom. The molecule has 2 aromatic heterocycles. The van der Waals surface area contributed by atoms with Crippen LogP contribution in [0, 0.1) is 13.8 Å². The van der Waals surface area contributed by atoms with Crippen LogP contribution < -0.4 is 0 Å². The average Bonchev–Trinajstić information content (AvgIpc) is 3.32. The molecule has 0 aliphatic carbocycles. The summed E-state index contributed by atoms with van der Waals surface area (Å²) >= 11 is 0. The second kappa shape index (κ2) is 6.80. The van der Waals surface area contributed by atoms with Gasteiger partial charge in [-0.25, -0.2) is 14.6 Å². The van der Waals surface area contributed by atoms with Crippen LogP contribution in [-0.4, -0.2) is 41.8 Å². The lowest BCUT2D eigenvalue weighted by Crippen LogP contribution is -2.33. The smallest absolute Gasteiger partial charge is 0.147 e. The van der Waals surface area contributed by atoms with E-state index in [1.807, 2.05) is 30.9 Å². The number of imidazole rings is 1. The van der Waals surface area contributed by atoms with Crippen molar-refractivity contribution in [3.05, 3.63) is 60.2 Å². The van der Waals surface area contributed by atoms with E-state index < -0.39 is 0 Å². The highest BCUT2D eigenvalue weighted by Gasteiger charge is 2.25. The first kappa shape index (κ1) is 16.0. The Morgan fingerprint density at radius 1 is 1.16 bits per heavy atom. The highest BCUT2D eigenvalue weighted by molar-refractivity contribution is 5.34. The number of nitrogens with zero attached hydrogens (tertiary/aromatic N) is 6. The Balaban J connectivity index is 1.43. The predicted molar refractivity (Wildman–Crippen MR) is 96.5 cm³/mol. The van der Waals surface area contributed by atoms with Crippen molar-refractivity contribution in [2.24, 2.45) is 0 Å². The van der Waals surface area contributed by atoms with Crippen LogP contribution in [0.1, 0.15) is 30.1 Å². The molecule has 0 spiro atoms. The Kier molecular flexibility index (Phi) is 4.36. The molecule has 0 bridgehead atoms. The zero-order valence-electron chi connectivity index (χ0n) is 14.8. The summed E-state index contributed by atoms with van der Waals surface area (Å²) in [6.45, 7) is 7.06. The van der Waals surface area contributed by atoms with Gasteiger partial charge in [0.15, 0.2) is 0 Å². The second-order valence-electron chi connectivity index (χ2n) is 6.79. The third-order valence-corrected chi connectivity index (χ3v) is 4.97. The van der Waals surface area contributed by atoms with Crippen LogP contribution in [0.4, 0.5) is 0 Å². The molecule has 1 atom stereocenters. The minimum atomic E-state index is 0.535. The quantitative estimate of drug-likeness (QED) is 0.719. The molecule has 4 rings (SSSR count). The topological polar surface area (TPSA) is 51.8 Å². The van der Waals surface area contributed by atoms with E-state index in [1.165, 1.54) is 18.4 Å². The number of likely N-dealkylation sites (tertiary alicyclic amines) is 1. The molecule has 3 heterocycles. The van der Waals surface area contributed by atoms with Crippen molar-refractivity contribution in [1.82, 2.24) is 29.2 Å². The third kappa shape index (κ3) is 3.49. The number of benzene rings is 1. The monoisotopic (exact) mass is 336 g/mol.